The van der Waals surface area contributed by atoms with Crippen LogP contribution in [0.3, 0.4) is 0 Å². The van der Waals surface area contributed by atoms with Crippen LogP contribution in [-0.4, -0.2) is 23.3 Å². The predicted molar refractivity (Wildman–Crippen MR) is 113 cm³/mol. The zero-order chi connectivity index (χ0) is 19.4. The number of anilines is 1. The van der Waals surface area contributed by atoms with Crippen LogP contribution >= 0.6 is 23.2 Å². The van der Waals surface area contributed by atoms with E-state index in [0.717, 1.165) is 30.5 Å². The standard InChI is InChI=1S/C21H23Cl2N3O/c1-3-4-13-21(2)14-26(20(27)24-18-11-9-17(23)10-12-18)25-19(21)15-5-7-16(22)8-6-15/h5-12H,3-4,13-14H2,1-2H3,(H,24,27). The summed E-state index contributed by atoms with van der Waals surface area (Å²) in [5.41, 5.74) is 2.43. The molecule has 27 heavy (non-hydrogen) atoms. The van der Waals surface area contributed by atoms with Gasteiger partial charge in [-0.3, -0.25) is 0 Å². The third-order valence-electron chi connectivity index (χ3n) is 4.82. The molecule has 2 aromatic rings. The molecule has 4 nitrogen and oxygen atoms in total. The Kier molecular flexibility index (Phi) is 6.08. The molecule has 0 bridgehead atoms. The van der Waals surface area contributed by atoms with Crippen molar-refractivity contribution in [3.8, 4) is 0 Å². The SMILES string of the molecule is CCCCC1(C)CN(C(=O)Nc2ccc(Cl)cc2)N=C1c1ccc(Cl)cc1. The van der Waals surface area contributed by atoms with Gasteiger partial charge in [0.2, 0.25) is 0 Å². The van der Waals surface area contributed by atoms with Gasteiger partial charge in [0, 0.05) is 21.1 Å². The lowest BCUT2D eigenvalue weighted by Gasteiger charge is -2.26. The summed E-state index contributed by atoms with van der Waals surface area (Å²) in [6, 6.07) is 14.4. The van der Waals surface area contributed by atoms with Crippen LogP contribution in [0.15, 0.2) is 53.6 Å². The number of carbonyl (C=O) groups excluding carboxylic acids is 1. The number of hydrogen-bond donors (Lipinski definition) is 1. The molecule has 0 saturated heterocycles. The van der Waals surface area contributed by atoms with E-state index in [-0.39, 0.29) is 11.4 Å². The normalized spacial score (nSPS) is 19.1. The fourth-order valence-corrected chi connectivity index (χ4v) is 3.55. The van der Waals surface area contributed by atoms with Gasteiger partial charge in [0.15, 0.2) is 0 Å². The fourth-order valence-electron chi connectivity index (χ4n) is 3.30. The number of carbonyl (C=O) groups is 1. The van der Waals surface area contributed by atoms with Crippen molar-refractivity contribution < 1.29 is 4.79 Å². The van der Waals surface area contributed by atoms with Gasteiger partial charge in [-0.25, -0.2) is 9.80 Å². The Morgan fingerprint density at radius 2 is 1.70 bits per heavy atom. The Hall–Kier alpha value is -2.04. The number of benzene rings is 2. The summed E-state index contributed by atoms with van der Waals surface area (Å²) in [5.74, 6) is 0. The van der Waals surface area contributed by atoms with Crippen molar-refractivity contribution in [2.24, 2.45) is 10.5 Å². The number of rotatable bonds is 5. The number of hydrogen-bond acceptors (Lipinski definition) is 2. The van der Waals surface area contributed by atoms with Crippen molar-refractivity contribution in [3.63, 3.8) is 0 Å². The van der Waals surface area contributed by atoms with Crippen LogP contribution in [0, 0.1) is 5.41 Å². The molecule has 1 heterocycles. The molecule has 1 aliphatic rings. The first kappa shape index (κ1) is 19.7. The smallest absolute Gasteiger partial charge is 0.306 e. The maximum absolute atomic E-state index is 12.7. The van der Waals surface area contributed by atoms with E-state index in [0.29, 0.717) is 22.3 Å². The molecule has 0 radical (unpaired) electrons. The van der Waals surface area contributed by atoms with Crippen LogP contribution in [0.2, 0.25) is 10.0 Å². The summed E-state index contributed by atoms with van der Waals surface area (Å²) in [6.07, 6.45) is 3.14. The van der Waals surface area contributed by atoms with Gasteiger partial charge in [0.05, 0.1) is 12.3 Å². The van der Waals surface area contributed by atoms with E-state index >= 15 is 0 Å². The highest BCUT2D eigenvalue weighted by Crippen LogP contribution is 2.36. The van der Waals surface area contributed by atoms with Crippen molar-refractivity contribution in [1.82, 2.24) is 5.01 Å². The van der Waals surface area contributed by atoms with Crippen molar-refractivity contribution >= 4 is 40.6 Å². The lowest BCUT2D eigenvalue weighted by atomic mass is 9.78. The van der Waals surface area contributed by atoms with Crippen molar-refractivity contribution in [2.45, 2.75) is 33.1 Å². The Bertz CT molecular complexity index is 834. The Balaban J connectivity index is 1.84. The van der Waals surface area contributed by atoms with Crippen molar-refractivity contribution in [1.29, 1.82) is 0 Å². The van der Waals surface area contributed by atoms with E-state index in [2.05, 4.69) is 24.3 Å². The van der Waals surface area contributed by atoms with Crippen LogP contribution in [0.25, 0.3) is 0 Å². The molecule has 0 aliphatic carbocycles. The summed E-state index contributed by atoms with van der Waals surface area (Å²) < 4.78 is 0. The molecule has 0 aromatic heterocycles. The van der Waals surface area contributed by atoms with Crippen molar-refractivity contribution in [3.05, 3.63) is 64.1 Å². The van der Waals surface area contributed by atoms with E-state index < -0.39 is 0 Å². The maximum Gasteiger partial charge on any atom is 0.342 e. The number of urea groups is 1. The first-order chi connectivity index (χ1) is 12.9. The minimum atomic E-state index is -0.246. The van der Waals surface area contributed by atoms with Gasteiger partial charge in [0.25, 0.3) is 0 Å². The van der Waals surface area contributed by atoms with Crippen LogP contribution in [-0.2, 0) is 0 Å². The number of unbranched alkanes of at least 4 members (excludes halogenated alkanes) is 1. The van der Waals surface area contributed by atoms with Gasteiger partial charge in [-0.15, -0.1) is 0 Å². The lowest BCUT2D eigenvalue weighted by Crippen LogP contribution is -2.35. The zero-order valence-electron chi connectivity index (χ0n) is 15.5. The number of hydrazone groups is 1. The Morgan fingerprint density at radius 3 is 2.30 bits per heavy atom. The maximum atomic E-state index is 12.7. The average molecular weight is 404 g/mol. The van der Waals surface area contributed by atoms with Crippen LogP contribution in [0.4, 0.5) is 10.5 Å². The summed E-state index contributed by atoms with van der Waals surface area (Å²) in [7, 11) is 0. The minimum absolute atomic E-state index is 0.193. The van der Waals surface area contributed by atoms with Crippen LogP contribution in [0.1, 0.15) is 38.7 Å². The van der Waals surface area contributed by atoms with E-state index in [4.69, 9.17) is 23.2 Å². The van der Waals surface area contributed by atoms with Gasteiger partial charge in [-0.1, -0.05) is 62.0 Å². The summed E-state index contributed by atoms with van der Waals surface area (Å²) in [5, 5.41) is 10.4. The first-order valence-electron chi connectivity index (χ1n) is 9.10. The lowest BCUT2D eigenvalue weighted by molar-refractivity contribution is 0.206. The summed E-state index contributed by atoms with van der Waals surface area (Å²) >= 11 is 11.9. The topological polar surface area (TPSA) is 44.7 Å². The molecule has 1 atom stereocenters. The van der Waals surface area contributed by atoms with Gasteiger partial charge in [-0.05, 0) is 48.4 Å². The average Bonchev–Trinajstić information content (AvgIpc) is 3.01. The highest BCUT2D eigenvalue weighted by Gasteiger charge is 2.40. The Labute approximate surface area is 170 Å². The van der Waals surface area contributed by atoms with Gasteiger partial charge >= 0.3 is 6.03 Å². The highest BCUT2D eigenvalue weighted by molar-refractivity contribution is 6.31. The second-order valence-electron chi connectivity index (χ2n) is 7.11. The molecule has 1 aliphatic heterocycles. The molecule has 6 heteroatoms. The van der Waals surface area contributed by atoms with E-state index in [1.165, 1.54) is 5.01 Å². The quantitative estimate of drug-likeness (QED) is 0.612. The molecule has 3 rings (SSSR count). The second-order valence-corrected chi connectivity index (χ2v) is 7.99. The molecule has 0 saturated carbocycles. The van der Waals surface area contributed by atoms with E-state index in [9.17, 15) is 4.79 Å². The third-order valence-corrected chi connectivity index (χ3v) is 5.32. The second kappa shape index (κ2) is 8.32. The summed E-state index contributed by atoms with van der Waals surface area (Å²) in [6.45, 7) is 4.89. The molecule has 1 unspecified atom stereocenters. The number of halogens is 2. The first-order valence-corrected chi connectivity index (χ1v) is 9.86. The number of nitrogens with zero attached hydrogens (tertiary/aromatic N) is 2. The van der Waals surface area contributed by atoms with Gasteiger partial charge in [-0.2, -0.15) is 5.10 Å². The fraction of sp³-hybridized carbons (Fsp3) is 0.333. The Morgan fingerprint density at radius 1 is 1.11 bits per heavy atom. The molecular formula is C21H23Cl2N3O. The summed E-state index contributed by atoms with van der Waals surface area (Å²) in [4.78, 5) is 12.7. The number of nitrogens with one attached hydrogen (secondary N) is 1. The highest BCUT2D eigenvalue weighted by atomic mass is 35.5. The molecule has 2 aromatic carbocycles. The zero-order valence-corrected chi connectivity index (χ0v) is 17.0. The largest absolute Gasteiger partial charge is 0.342 e. The van der Waals surface area contributed by atoms with Gasteiger partial charge in [0.1, 0.15) is 0 Å². The van der Waals surface area contributed by atoms with E-state index in [1.54, 1.807) is 24.3 Å². The van der Waals surface area contributed by atoms with Crippen molar-refractivity contribution in [2.75, 3.05) is 11.9 Å². The molecule has 2 amide bonds. The monoisotopic (exact) mass is 403 g/mol. The molecule has 1 N–H and O–H groups in total. The molecule has 0 fully saturated rings. The van der Waals surface area contributed by atoms with E-state index in [1.807, 2.05) is 24.3 Å². The third kappa shape index (κ3) is 4.63. The molecule has 142 valence electrons. The predicted octanol–water partition coefficient (Wildman–Crippen LogP) is 6.44. The minimum Gasteiger partial charge on any atom is -0.306 e. The van der Waals surface area contributed by atoms with Crippen LogP contribution < -0.4 is 5.32 Å². The molecule has 0 spiro atoms. The number of amides is 2. The van der Waals surface area contributed by atoms with Crippen LogP contribution in [0.5, 0.6) is 0 Å². The van der Waals surface area contributed by atoms with Gasteiger partial charge < -0.3 is 5.32 Å². The molecular weight excluding hydrogens is 381 g/mol.